The third-order valence-electron chi connectivity index (χ3n) is 10.7. The first-order valence-corrected chi connectivity index (χ1v) is 16.6. The van der Waals surface area contributed by atoms with E-state index in [1.54, 1.807) is 64.3 Å². The first kappa shape index (κ1) is 33.7. The summed E-state index contributed by atoms with van der Waals surface area (Å²) in [4.78, 5) is 54.6. The minimum atomic E-state index is -2.06. The molecule has 45 heavy (non-hydrogen) atoms. The zero-order chi connectivity index (χ0) is 33.3. The first-order valence-electron chi connectivity index (χ1n) is 15.0. The number of aliphatic hydroxyl groups is 2. The van der Waals surface area contributed by atoms with Crippen molar-refractivity contribution in [2.24, 2.45) is 22.7 Å². The highest BCUT2D eigenvalue weighted by Gasteiger charge is 2.78. The van der Waals surface area contributed by atoms with Crippen LogP contribution in [0.1, 0.15) is 64.7 Å². The molecule has 0 aromatic heterocycles. The van der Waals surface area contributed by atoms with Gasteiger partial charge in [-0.2, -0.15) is 0 Å². The van der Waals surface area contributed by atoms with Gasteiger partial charge in [0.25, 0.3) is 0 Å². The minimum Gasteiger partial charge on any atom is -0.455 e. The van der Waals surface area contributed by atoms with Crippen LogP contribution in [0.4, 0.5) is 0 Å². The number of ether oxygens (including phenoxy) is 4. The maximum Gasteiger partial charge on any atom is 0.338 e. The Hall–Kier alpha value is -2.64. The quantitative estimate of drug-likeness (QED) is 0.206. The molecule has 0 unspecified atom stereocenters. The van der Waals surface area contributed by atoms with Gasteiger partial charge < -0.3 is 29.2 Å². The molecular formula is C33H40O10S2. The zero-order valence-corrected chi connectivity index (χ0v) is 28.1. The fourth-order valence-corrected chi connectivity index (χ4v) is 9.38. The molecule has 12 heteroatoms. The van der Waals surface area contributed by atoms with Gasteiger partial charge in [0.2, 0.25) is 0 Å². The van der Waals surface area contributed by atoms with E-state index in [-0.39, 0.29) is 30.6 Å². The fourth-order valence-electron chi connectivity index (χ4n) is 8.42. The van der Waals surface area contributed by atoms with Crippen LogP contribution < -0.4 is 0 Å². The number of Topliss-reactive ketones (excluding diaryl/α,β-unsaturated/α-hetero) is 1. The van der Waals surface area contributed by atoms with Gasteiger partial charge in [-0.3, -0.25) is 14.4 Å². The second kappa shape index (κ2) is 11.6. The summed E-state index contributed by atoms with van der Waals surface area (Å²) < 4.78 is 24.7. The summed E-state index contributed by atoms with van der Waals surface area (Å²) in [5.41, 5.74) is -5.80. The lowest BCUT2D eigenvalue weighted by atomic mass is 9.43. The molecule has 1 aliphatic heterocycles. The van der Waals surface area contributed by atoms with Crippen LogP contribution in [0, 0.1) is 22.7 Å². The maximum absolute atomic E-state index is 15.3. The number of aliphatic hydroxyl groups excluding tert-OH is 1. The van der Waals surface area contributed by atoms with Gasteiger partial charge in [-0.25, -0.2) is 4.79 Å². The van der Waals surface area contributed by atoms with Crippen molar-refractivity contribution < 1.29 is 48.3 Å². The van der Waals surface area contributed by atoms with Crippen LogP contribution in [0.15, 0.2) is 41.5 Å². The van der Waals surface area contributed by atoms with Gasteiger partial charge in [0.05, 0.1) is 28.4 Å². The summed E-state index contributed by atoms with van der Waals surface area (Å²) in [5, 5.41) is 24.5. The monoisotopic (exact) mass is 660 g/mol. The predicted octanol–water partition coefficient (Wildman–Crippen LogP) is 3.60. The van der Waals surface area contributed by atoms with Crippen LogP contribution in [0.25, 0.3) is 0 Å². The second-order valence-electron chi connectivity index (χ2n) is 13.3. The molecule has 4 aliphatic rings. The summed E-state index contributed by atoms with van der Waals surface area (Å²) in [7, 11) is 0. The maximum atomic E-state index is 15.3. The highest BCUT2D eigenvalue weighted by atomic mass is 32.2. The normalized spacial score (nSPS) is 38.4. The van der Waals surface area contributed by atoms with Crippen molar-refractivity contribution in [3.05, 3.63) is 47.0 Å². The number of rotatable bonds is 5. The van der Waals surface area contributed by atoms with E-state index in [0.717, 1.165) is 0 Å². The number of esters is 3. The van der Waals surface area contributed by atoms with Gasteiger partial charge in [-0.15, -0.1) is 11.8 Å². The van der Waals surface area contributed by atoms with E-state index in [1.807, 2.05) is 0 Å². The van der Waals surface area contributed by atoms with Gasteiger partial charge in [0.15, 0.2) is 17.5 Å². The number of benzene rings is 1. The Morgan fingerprint density at radius 3 is 2.24 bits per heavy atom. The molecule has 9 atom stereocenters. The standard InChI is InChI=1S/C33H40O10S2/c1-16-21(36)14-33(39)27(42-28(38)19-11-9-8-10-12-19)25-31(6,26(37)24(41-17(2)34)23(16)30(33,4)5)20(29(44)45-7)13-22-32(25,15-40-22)43-18(3)35/h8-12,20-22,24-25,27,36,39H,13-15H2,1-7H3/t20-,21+,22-,24-,25+,27+,31-,32+,33-/m1/s1. The average Bonchev–Trinajstić information content (AvgIpc) is 2.96. The van der Waals surface area contributed by atoms with Crippen LogP contribution in [0.3, 0.4) is 0 Å². The molecular weight excluding hydrogens is 620 g/mol. The number of hydrogen-bond acceptors (Lipinski definition) is 12. The number of thiocarbonyl (C=S) groups is 1. The summed E-state index contributed by atoms with van der Waals surface area (Å²) in [6.07, 6.45) is -3.37. The Bertz CT molecular complexity index is 1470. The van der Waals surface area contributed by atoms with Gasteiger partial charge in [0.1, 0.15) is 17.8 Å². The lowest BCUT2D eigenvalue weighted by molar-refractivity contribution is -0.337. The van der Waals surface area contributed by atoms with Crippen molar-refractivity contribution in [1.82, 2.24) is 0 Å². The third kappa shape index (κ3) is 4.90. The predicted molar refractivity (Wildman–Crippen MR) is 168 cm³/mol. The number of carbonyl (C=O) groups is 4. The van der Waals surface area contributed by atoms with Gasteiger partial charge in [0, 0.05) is 37.0 Å². The highest BCUT2D eigenvalue weighted by Crippen LogP contribution is 2.66. The van der Waals surface area contributed by atoms with E-state index in [0.29, 0.717) is 9.77 Å². The summed E-state index contributed by atoms with van der Waals surface area (Å²) >= 11 is 7.12. The van der Waals surface area contributed by atoms with Crippen LogP contribution in [-0.4, -0.2) is 86.6 Å². The molecule has 1 heterocycles. The van der Waals surface area contributed by atoms with E-state index in [1.165, 1.54) is 25.6 Å². The van der Waals surface area contributed by atoms with Crippen molar-refractivity contribution >= 4 is 51.9 Å². The van der Waals surface area contributed by atoms with Crippen LogP contribution in [-0.2, 0) is 33.3 Å². The summed E-state index contributed by atoms with van der Waals surface area (Å²) in [6.45, 7) is 8.94. The molecule has 2 N–H and O–H groups in total. The molecule has 0 spiro atoms. The molecule has 0 amide bonds. The van der Waals surface area contributed by atoms with E-state index in [2.05, 4.69) is 0 Å². The topological polar surface area (TPSA) is 146 Å². The summed E-state index contributed by atoms with van der Waals surface area (Å²) in [6, 6.07) is 8.21. The highest BCUT2D eigenvalue weighted by molar-refractivity contribution is 8.22. The molecule has 3 aliphatic carbocycles. The molecule has 1 aromatic carbocycles. The Morgan fingerprint density at radius 1 is 1.07 bits per heavy atom. The number of hydrogen-bond donors (Lipinski definition) is 2. The average molecular weight is 661 g/mol. The molecule has 244 valence electrons. The van der Waals surface area contributed by atoms with E-state index in [9.17, 15) is 24.6 Å². The molecule has 0 radical (unpaired) electrons. The second-order valence-corrected chi connectivity index (χ2v) is 14.9. The molecule has 2 saturated carbocycles. The fraction of sp³-hybridized carbons (Fsp3) is 0.606. The van der Waals surface area contributed by atoms with E-state index < -0.39 is 82.0 Å². The van der Waals surface area contributed by atoms with Crippen molar-refractivity contribution in [1.29, 1.82) is 0 Å². The van der Waals surface area contributed by atoms with Gasteiger partial charge >= 0.3 is 17.9 Å². The molecule has 1 saturated heterocycles. The lowest BCUT2D eigenvalue weighted by Gasteiger charge is -2.68. The van der Waals surface area contributed by atoms with E-state index in [4.69, 9.17) is 31.2 Å². The largest absolute Gasteiger partial charge is 0.455 e. The molecule has 2 bridgehead atoms. The van der Waals surface area contributed by atoms with Crippen LogP contribution in [0.5, 0.6) is 0 Å². The van der Waals surface area contributed by atoms with Crippen LogP contribution in [0.2, 0.25) is 0 Å². The van der Waals surface area contributed by atoms with Gasteiger partial charge in [-0.1, -0.05) is 51.2 Å². The number of carbonyl (C=O) groups excluding carboxylic acids is 4. The van der Waals surface area contributed by atoms with Crippen molar-refractivity contribution in [3.63, 3.8) is 0 Å². The smallest absolute Gasteiger partial charge is 0.338 e. The molecule has 5 rings (SSSR count). The summed E-state index contributed by atoms with van der Waals surface area (Å²) in [5.74, 6) is -4.65. The Balaban J connectivity index is 1.89. The Labute approximate surface area is 272 Å². The first-order chi connectivity index (χ1) is 21.0. The van der Waals surface area contributed by atoms with Crippen molar-refractivity contribution in [3.8, 4) is 0 Å². The van der Waals surface area contributed by atoms with Crippen LogP contribution >= 0.6 is 24.0 Å². The third-order valence-corrected chi connectivity index (χ3v) is 12.2. The number of ketones is 1. The molecule has 1 aromatic rings. The van der Waals surface area contributed by atoms with Gasteiger partial charge in [-0.05, 0) is 42.9 Å². The number of fused-ring (bicyclic) bond motifs is 5. The number of thioether (sulfide) groups is 1. The minimum absolute atomic E-state index is 0.137. The van der Waals surface area contributed by atoms with Crippen molar-refractivity contribution in [2.45, 2.75) is 90.0 Å². The molecule has 3 fully saturated rings. The van der Waals surface area contributed by atoms with Crippen molar-refractivity contribution in [2.75, 3.05) is 12.9 Å². The zero-order valence-electron chi connectivity index (χ0n) is 26.4. The molecule has 10 nitrogen and oxygen atoms in total. The lowest BCUT2D eigenvalue weighted by Crippen LogP contribution is -2.81. The SMILES string of the molecule is CSC(=S)[C@H]1C[C@H]2OC[C@@]2(OC(C)=O)[C@H]2[C@H](OC(=O)c3ccccc3)[C@]3(O)C[C@H](O)C(C)=C([C@@H](OC(C)=O)C(=O)[C@]12C)C3(C)C. The Kier molecular flexibility index (Phi) is 8.66. The van der Waals surface area contributed by atoms with E-state index >= 15 is 4.79 Å². The Morgan fingerprint density at radius 2 is 1.71 bits per heavy atom.